The number of nitrogens with one attached hydrogen (secondary N) is 2. The molecule has 2 N–H and O–H groups in total. The first kappa shape index (κ1) is 16.9. The van der Waals surface area contributed by atoms with E-state index in [9.17, 15) is 14.4 Å². The molecule has 0 unspecified atom stereocenters. The molecule has 0 aliphatic rings. The highest BCUT2D eigenvalue weighted by molar-refractivity contribution is 5.95. The van der Waals surface area contributed by atoms with Crippen molar-refractivity contribution in [3.05, 3.63) is 33.7 Å². The first-order valence-electron chi connectivity index (χ1n) is 6.88. The summed E-state index contributed by atoms with van der Waals surface area (Å²) in [6.07, 6.45) is 1.73. The van der Waals surface area contributed by atoms with Crippen LogP contribution in [-0.2, 0) is 4.74 Å². The van der Waals surface area contributed by atoms with Gasteiger partial charge >= 0.3 is 6.09 Å². The quantitative estimate of drug-likeness (QED) is 0.643. The largest absolute Gasteiger partial charge is 0.444 e. The highest BCUT2D eigenvalue weighted by atomic mass is 16.6. The van der Waals surface area contributed by atoms with Crippen molar-refractivity contribution in [2.75, 3.05) is 6.54 Å². The highest BCUT2D eigenvalue weighted by Gasteiger charge is 2.15. The molecule has 116 valence electrons. The Morgan fingerprint density at radius 1 is 1.33 bits per heavy atom. The molecule has 0 bridgehead atoms. The van der Waals surface area contributed by atoms with Crippen LogP contribution in [0.3, 0.4) is 0 Å². The summed E-state index contributed by atoms with van der Waals surface area (Å²) in [5.41, 5.74) is 0.253. The Hall–Kier alpha value is -2.11. The number of pyridine rings is 1. The molecule has 0 aliphatic heterocycles. The molecule has 0 aliphatic carbocycles. The molecule has 0 saturated carbocycles. The van der Waals surface area contributed by atoms with E-state index >= 15 is 0 Å². The van der Waals surface area contributed by atoms with Gasteiger partial charge in [-0.3, -0.25) is 9.59 Å². The summed E-state index contributed by atoms with van der Waals surface area (Å²) in [4.78, 5) is 37.0. The fourth-order valence-electron chi connectivity index (χ4n) is 1.66. The molecule has 1 rings (SSSR count). The molecule has 1 amide bonds. The third-order valence-corrected chi connectivity index (χ3v) is 2.66. The summed E-state index contributed by atoms with van der Waals surface area (Å²) in [5.74, 6) is -0.0691. The summed E-state index contributed by atoms with van der Waals surface area (Å²) in [7, 11) is 0. The summed E-state index contributed by atoms with van der Waals surface area (Å²) < 4.78 is 5.08. The maximum absolute atomic E-state index is 11.9. The number of aromatic nitrogens is 1. The zero-order valence-electron chi connectivity index (χ0n) is 12.9. The molecule has 1 aromatic rings. The van der Waals surface area contributed by atoms with Gasteiger partial charge in [0.1, 0.15) is 5.60 Å². The van der Waals surface area contributed by atoms with Crippen LogP contribution in [0, 0.1) is 6.92 Å². The lowest BCUT2D eigenvalue weighted by molar-refractivity contribution is 0.0525. The first-order valence-corrected chi connectivity index (χ1v) is 6.88. The molecule has 0 atom stereocenters. The van der Waals surface area contributed by atoms with Crippen molar-refractivity contribution in [2.24, 2.45) is 0 Å². The van der Waals surface area contributed by atoms with Crippen LogP contribution in [0.1, 0.15) is 49.5 Å². The number of aromatic amines is 1. The van der Waals surface area contributed by atoms with Crippen molar-refractivity contribution < 1.29 is 14.3 Å². The molecule has 1 aromatic heterocycles. The summed E-state index contributed by atoms with van der Waals surface area (Å²) in [6.45, 7) is 7.38. The van der Waals surface area contributed by atoms with E-state index in [0.717, 1.165) is 0 Å². The van der Waals surface area contributed by atoms with Gasteiger partial charge in [0.25, 0.3) is 5.56 Å². The van der Waals surface area contributed by atoms with Crippen LogP contribution in [0.4, 0.5) is 4.79 Å². The molecule has 6 heteroatoms. The molecular weight excluding hydrogens is 272 g/mol. The number of aryl methyl sites for hydroxylation is 1. The van der Waals surface area contributed by atoms with Gasteiger partial charge in [-0.15, -0.1) is 0 Å². The predicted octanol–water partition coefficient (Wildman–Crippen LogP) is 2.17. The van der Waals surface area contributed by atoms with E-state index in [0.29, 0.717) is 30.5 Å². The topological polar surface area (TPSA) is 88.3 Å². The Labute approximate surface area is 123 Å². The summed E-state index contributed by atoms with van der Waals surface area (Å²) in [5, 5.41) is 2.60. The van der Waals surface area contributed by atoms with Gasteiger partial charge in [0, 0.05) is 30.3 Å². The number of amides is 1. The Bertz CT molecular complexity index is 570. The van der Waals surface area contributed by atoms with E-state index in [1.54, 1.807) is 33.8 Å². The molecule has 0 fully saturated rings. The third-order valence-electron chi connectivity index (χ3n) is 2.66. The van der Waals surface area contributed by atoms with Crippen molar-refractivity contribution in [1.82, 2.24) is 10.3 Å². The Morgan fingerprint density at radius 3 is 2.57 bits per heavy atom. The average Bonchev–Trinajstić information content (AvgIpc) is 2.35. The SMILES string of the molecule is Cc1cc(C(=O)CCCNC(=O)OC(C)(C)C)c[nH]c1=O. The fraction of sp³-hybridized carbons (Fsp3) is 0.533. The molecule has 0 radical (unpaired) electrons. The van der Waals surface area contributed by atoms with Crippen molar-refractivity contribution in [1.29, 1.82) is 0 Å². The molecular formula is C15H22N2O4. The number of hydrogen-bond acceptors (Lipinski definition) is 4. The number of Topliss-reactive ketones (excluding diaryl/α,β-unsaturated/α-hetero) is 1. The van der Waals surface area contributed by atoms with E-state index in [-0.39, 0.29) is 11.3 Å². The highest BCUT2D eigenvalue weighted by Crippen LogP contribution is 2.07. The molecule has 0 spiro atoms. The number of ether oxygens (including phenoxy) is 1. The second-order valence-corrected chi connectivity index (χ2v) is 5.86. The van der Waals surface area contributed by atoms with E-state index < -0.39 is 11.7 Å². The molecule has 6 nitrogen and oxygen atoms in total. The Balaban J connectivity index is 2.35. The van der Waals surface area contributed by atoms with Crippen LogP contribution in [0.15, 0.2) is 17.1 Å². The van der Waals surface area contributed by atoms with Crippen molar-refractivity contribution >= 4 is 11.9 Å². The molecule has 21 heavy (non-hydrogen) atoms. The van der Waals surface area contributed by atoms with E-state index in [4.69, 9.17) is 4.74 Å². The molecule has 0 saturated heterocycles. The molecule has 1 heterocycles. The van der Waals surface area contributed by atoms with Crippen LogP contribution in [0.25, 0.3) is 0 Å². The van der Waals surface area contributed by atoms with Gasteiger partial charge in [-0.05, 0) is 40.2 Å². The van der Waals surface area contributed by atoms with Gasteiger partial charge in [0.15, 0.2) is 5.78 Å². The van der Waals surface area contributed by atoms with Gasteiger partial charge in [-0.2, -0.15) is 0 Å². The standard InChI is InChI=1S/C15H22N2O4/c1-10-8-11(9-17-13(10)19)12(18)6-5-7-16-14(20)21-15(2,3)4/h8-9H,5-7H2,1-4H3,(H,16,20)(H,17,19). The smallest absolute Gasteiger partial charge is 0.407 e. The lowest BCUT2D eigenvalue weighted by Gasteiger charge is -2.19. The van der Waals surface area contributed by atoms with Gasteiger partial charge in [0.2, 0.25) is 0 Å². The van der Waals surface area contributed by atoms with Crippen molar-refractivity contribution in [3.63, 3.8) is 0 Å². The predicted molar refractivity (Wildman–Crippen MR) is 79.6 cm³/mol. The Kier molecular flexibility index (Phi) is 5.69. The average molecular weight is 294 g/mol. The number of alkyl carbamates (subject to hydrolysis) is 1. The lowest BCUT2D eigenvalue weighted by Crippen LogP contribution is -2.33. The van der Waals surface area contributed by atoms with Crippen LogP contribution < -0.4 is 10.9 Å². The summed E-state index contributed by atoms with van der Waals surface area (Å²) >= 11 is 0. The maximum Gasteiger partial charge on any atom is 0.407 e. The van der Waals surface area contributed by atoms with Crippen LogP contribution >= 0.6 is 0 Å². The van der Waals surface area contributed by atoms with Gasteiger partial charge in [-0.1, -0.05) is 0 Å². The third kappa shape index (κ3) is 6.25. The second-order valence-electron chi connectivity index (χ2n) is 5.86. The monoisotopic (exact) mass is 294 g/mol. The van der Waals surface area contributed by atoms with Crippen molar-refractivity contribution in [2.45, 2.75) is 46.1 Å². The minimum Gasteiger partial charge on any atom is -0.444 e. The first-order chi connectivity index (χ1) is 9.69. The molecule has 0 aromatic carbocycles. The van der Waals surface area contributed by atoms with E-state index in [1.807, 2.05) is 0 Å². The van der Waals surface area contributed by atoms with E-state index in [2.05, 4.69) is 10.3 Å². The number of rotatable bonds is 5. The zero-order chi connectivity index (χ0) is 16.0. The van der Waals surface area contributed by atoms with Gasteiger partial charge in [-0.25, -0.2) is 4.79 Å². The number of ketones is 1. The zero-order valence-corrected chi connectivity index (χ0v) is 12.9. The van der Waals surface area contributed by atoms with Crippen molar-refractivity contribution in [3.8, 4) is 0 Å². The second kappa shape index (κ2) is 7.06. The minimum atomic E-state index is -0.534. The van der Waals surface area contributed by atoms with E-state index in [1.165, 1.54) is 6.20 Å². The van der Waals surface area contributed by atoms with Gasteiger partial charge in [0.05, 0.1) is 0 Å². The minimum absolute atomic E-state index is 0.0691. The maximum atomic E-state index is 11.9. The number of H-pyrrole nitrogens is 1. The number of carbonyl (C=O) groups excluding carboxylic acids is 2. The van der Waals surface area contributed by atoms with Crippen LogP contribution in [0.2, 0.25) is 0 Å². The van der Waals surface area contributed by atoms with Crippen LogP contribution in [0.5, 0.6) is 0 Å². The van der Waals surface area contributed by atoms with Gasteiger partial charge < -0.3 is 15.0 Å². The fourth-order valence-corrected chi connectivity index (χ4v) is 1.66. The number of carbonyl (C=O) groups is 2. The lowest BCUT2D eigenvalue weighted by atomic mass is 10.1. The Morgan fingerprint density at radius 2 is 2.00 bits per heavy atom. The summed E-state index contributed by atoms with van der Waals surface area (Å²) in [6, 6.07) is 1.57. The van der Waals surface area contributed by atoms with Crippen LogP contribution in [-0.4, -0.2) is 29.0 Å². The number of hydrogen-bond donors (Lipinski definition) is 2. The normalized spacial score (nSPS) is 11.0.